The number of benzene rings is 1. The summed E-state index contributed by atoms with van der Waals surface area (Å²) in [5.74, 6) is -0.0580. The summed E-state index contributed by atoms with van der Waals surface area (Å²) in [7, 11) is 0. The summed E-state index contributed by atoms with van der Waals surface area (Å²) >= 11 is 12.2. The summed E-state index contributed by atoms with van der Waals surface area (Å²) in [5.41, 5.74) is 3.54. The van der Waals surface area contributed by atoms with Crippen LogP contribution in [0.5, 0.6) is 0 Å². The number of hydrogen-bond acceptors (Lipinski definition) is 3. The lowest BCUT2D eigenvalue weighted by molar-refractivity contribution is -0.121. The van der Waals surface area contributed by atoms with Crippen molar-refractivity contribution in [2.24, 2.45) is 0 Å². The standard InChI is InChI=1S/C20H17Cl2N3O/c21-17-4-1-5-18(22)16(17)7-9-20(26)25-12-14-6-8-19(24-11-14)15-3-2-10-23-13-15/h1-6,8,10-11,13H,7,9,12H2,(H,25,26). The van der Waals surface area contributed by atoms with E-state index in [4.69, 9.17) is 23.2 Å². The summed E-state index contributed by atoms with van der Waals surface area (Å²) in [5, 5.41) is 4.06. The summed E-state index contributed by atoms with van der Waals surface area (Å²) < 4.78 is 0. The largest absolute Gasteiger partial charge is 0.352 e. The Morgan fingerprint density at radius 3 is 2.46 bits per heavy atom. The third-order valence-corrected chi connectivity index (χ3v) is 4.64. The first kappa shape index (κ1) is 18.4. The number of pyridine rings is 2. The molecule has 2 aromatic heterocycles. The van der Waals surface area contributed by atoms with Crippen LogP contribution < -0.4 is 5.32 Å². The molecule has 1 N–H and O–H groups in total. The highest BCUT2D eigenvalue weighted by atomic mass is 35.5. The van der Waals surface area contributed by atoms with Gasteiger partial charge in [-0.3, -0.25) is 14.8 Å². The quantitative estimate of drug-likeness (QED) is 0.668. The summed E-state index contributed by atoms with van der Waals surface area (Å²) in [4.78, 5) is 20.6. The van der Waals surface area contributed by atoms with Crippen LogP contribution in [0.25, 0.3) is 11.3 Å². The molecule has 0 aliphatic carbocycles. The first-order chi connectivity index (χ1) is 12.6. The minimum Gasteiger partial charge on any atom is -0.352 e. The van der Waals surface area contributed by atoms with Crippen molar-refractivity contribution in [3.05, 3.63) is 82.2 Å². The van der Waals surface area contributed by atoms with Crippen molar-refractivity contribution in [2.75, 3.05) is 0 Å². The first-order valence-electron chi connectivity index (χ1n) is 8.18. The zero-order valence-corrected chi connectivity index (χ0v) is 15.5. The van der Waals surface area contributed by atoms with E-state index < -0.39 is 0 Å². The Labute approximate surface area is 162 Å². The molecule has 0 aliphatic heterocycles. The predicted octanol–water partition coefficient (Wildman–Crippen LogP) is 4.70. The monoisotopic (exact) mass is 385 g/mol. The number of rotatable bonds is 6. The van der Waals surface area contributed by atoms with Gasteiger partial charge in [0.2, 0.25) is 5.91 Å². The van der Waals surface area contributed by atoms with Crippen LogP contribution in [-0.4, -0.2) is 15.9 Å². The van der Waals surface area contributed by atoms with Crippen LogP contribution in [0.2, 0.25) is 10.0 Å². The van der Waals surface area contributed by atoms with Gasteiger partial charge in [0, 0.05) is 47.2 Å². The molecule has 0 bridgehead atoms. The Morgan fingerprint density at radius 1 is 1.00 bits per heavy atom. The second kappa shape index (κ2) is 8.79. The summed E-state index contributed by atoms with van der Waals surface area (Å²) in [6.07, 6.45) is 6.08. The molecule has 0 saturated carbocycles. The number of amides is 1. The van der Waals surface area contributed by atoms with Gasteiger partial charge in [0.1, 0.15) is 0 Å². The second-order valence-electron chi connectivity index (χ2n) is 5.77. The number of nitrogens with zero attached hydrogens (tertiary/aromatic N) is 2. The number of carbonyl (C=O) groups excluding carboxylic acids is 1. The van der Waals surface area contributed by atoms with E-state index in [9.17, 15) is 4.79 Å². The lowest BCUT2D eigenvalue weighted by Crippen LogP contribution is -2.23. The Morgan fingerprint density at radius 2 is 1.81 bits per heavy atom. The molecular weight excluding hydrogens is 369 g/mol. The van der Waals surface area contributed by atoms with Gasteiger partial charge in [-0.1, -0.05) is 35.3 Å². The number of carbonyl (C=O) groups is 1. The average molecular weight is 386 g/mol. The fourth-order valence-electron chi connectivity index (χ4n) is 2.51. The number of nitrogens with one attached hydrogen (secondary N) is 1. The zero-order valence-electron chi connectivity index (χ0n) is 14.0. The number of hydrogen-bond donors (Lipinski definition) is 1. The van der Waals surface area contributed by atoms with Crippen molar-refractivity contribution in [1.29, 1.82) is 0 Å². The molecule has 0 atom stereocenters. The predicted molar refractivity (Wildman–Crippen MR) is 104 cm³/mol. The molecule has 1 amide bonds. The van der Waals surface area contributed by atoms with Crippen LogP contribution in [0, 0.1) is 0 Å². The maximum absolute atomic E-state index is 12.1. The maximum atomic E-state index is 12.1. The SMILES string of the molecule is O=C(CCc1c(Cl)cccc1Cl)NCc1ccc(-c2cccnc2)nc1. The van der Waals surface area contributed by atoms with Gasteiger partial charge in [0.15, 0.2) is 0 Å². The molecule has 4 nitrogen and oxygen atoms in total. The van der Waals surface area contributed by atoms with Gasteiger partial charge in [-0.15, -0.1) is 0 Å². The van der Waals surface area contributed by atoms with Gasteiger partial charge in [0.25, 0.3) is 0 Å². The zero-order chi connectivity index (χ0) is 18.4. The maximum Gasteiger partial charge on any atom is 0.220 e. The lowest BCUT2D eigenvalue weighted by Gasteiger charge is -2.08. The topological polar surface area (TPSA) is 54.9 Å². The molecule has 0 fully saturated rings. The molecule has 0 unspecified atom stereocenters. The smallest absolute Gasteiger partial charge is 0.220 e. The fourth-order valence-corrected chi connectivity index (χ4v) is 3.10. The van der Waals surface area contributed by atoms with Gasteiger partial charge in [-0.2, -0.15) is 0 Å². The second-order valence-corrected chi connectivity index (χ2v) is 6.58. The van der Waals surface area contributed by atoms with E-state index in [-0.39, 0.29) is 5.91 Å². The van der Waals surface area contributed by atoms with Crippen molar-refractivity contribution >= 4 is 29.1 Å². The number of aromatic nitrogens is 2. The number of halogens is 2. The lowest BCUT2D eigenvalue weighted by atomic mass is 10.1. The van der Waals surface area contributed by atoms with Crippen LogP contribution in [0.4, 0.5) is 0 Å². The van der Waals surface area contributed by atoms with Gasteiger partial charge in [-0.25, -0.2) is 0 Å². The Hall–Kier alpha value is -2.43. The highest BCUT2D eigenvalue weighted by Gasteiger charge is 2.09. The van der Waals surface area contributed by atoms with E-state index in [0.29, 0.717) is 29.4 Å². The first-order valence-corrected chi connectivity index (χ1v) is 8.94. The third kappa shape index (κ3) is 4.81. The molecule has 0 radical (unpaired) electrons. The van der Waals surface area contributed by atoms with E-state index in [1.807, 2.05) is 24.3 Å². The van der Waals surface area contributed by atoms with Gasteiger partial charge < -0.3 is 5.32 Å². The third-order valence-electron chi connectivity index (χ3n) is 3.94. The van der Waals surface area contributed by atoms with Crippen molar-refractivity contribution in [1.82, 2.24) is 15.3 Å². The van der Waals surface area contributed by atoms with Crippen LogP contribution >= 0.6 is 23.2 Å². The molecule has 0 aliphatic rings. The van der Waals surface area contributed by atoms with Crippen LogP contribution in [0.1, 0.15) is 17.5 Å². The Kier molecular flexibility index (Phi) is 6.21. The van der Waals surface area contributed by atoms with Crippen LogP contribution in [0.15, 0.2) is 61.1 Å². The molecule has 132 valence electrons. The summed E-state index contributed by atoms with van der Waals surface area (Å²) in [6, 6.07) is 13.0. The normalized spacial score (nSPS) is 10.5. The molecule has 6 heteroatoms. The Bertz CT molecular complexity index is 863. The van der Waals surface area contributed by atoms with Crippen molar-refractivity contribution in [2.45, 2.75) is 19.4 Å². The average Bonchev–Trinajstić information content (AvgIpc) is 2.67. The van der Waals surface area contributed by atoms with E-state index in [1.54, 1.807) is 36.8 Å². The highest BCUT2D eigenvalue weighted by Crippen LogP contribution is 2.25. The Balaban J connectivity index is 1.52. The molecule has 1 aromatic carbocycles. The minimum atomic E-state index is -0.0580. The molecule has 0 spiro atoms. The molecule has 26 heavy (non-hydrogen) atoms. The van der Waals surface area contributed by atoms with E-state index in [0.717, 1.165) is 22.4 Å². The van der Waals surface area contributed by atoms with E-state index >= 15 is 0 Å². The summed E-state index contributed by atoms with van der Waals surface area (Å²) in [6.45, 7) is 0.426. The fraction of sp³-hybridized carbons (Fsp3) is 0.150. The van der Waals surface area contributed by atoms with Gasteiger partial charge >= 0.3 is 0 Å². The van der Waals surface area contributed by atoms with Crippen LogP contribution in [0.3, 0.4) is 0 Å². The van der Waals surface area contributed by atoms with Gasteiger partial charge in [-0.05, 0) is 47.9 Å². The molecule has 0 saturated heterocycles. The van der Waals surface area contributed by atoms with Gasteiger partial charge in [0.05, 0.1) is 5.69 Å². The molecular formula is C20H17Cl2N3O. The van der Waals surface area contributed by atoms with E-state index in [1.165, 1.54) is 0 Å². The van der Waals surface area contributed by atoms with E-state index in [2.05, 4.69) is 15.3 Å². The van der Waals surface area contributed by atoms with Crippen molar-refractivity contribution in [3.8, 4) is 11.3 Å². The highest BCUT2D eigenvalue weighted by molar-refractivity contribution is 6.36. The molecule has 2 heterocycles. The minimum absolute atomic E-state index is 0.0580. The van der Waals surface area contributed by atoms with Crippen molar-refractivity contribution in [3.63, 3.8) is 0 Å². The molecule has 3 aromatic rings. The van der Waals surface area contributed by atoms with Crippen molar-refractivity contribution < 1.29 is 4.79 Å². The molecule has 3 rings (SSSR count). The van der Waals surface area contributed by atoms with Crippen LogP contribution in [-0.2, 0) is 17.8 Å².